The second-order valence-corrected chi connectivity index (χ2v) is 8.58. The summed E-state index contributed by atoms with van der Waals surface area (Å²) in [5.41, 5.74) is 4.27. The third kappa shape index (κ3) is 4.59. The lowest BCUT2D eigenvalue weighted by molar-refractivity contribution is -0.131. The van der Waals surface area contributed by atoms with E-state index >= 15 is 0 Å². The van der Waals surface area contributed by atoms with E-state index in [1.807, 2.05) is 28.5 Å². The van der Waals surface area contributed by atoms with Gasteiger partial charge in [-0.25, -0.2) is 4.98 Å². The molecule has 5 nitrogen and oxygen atoms in total. The number of carbonyl (C=O) groups is 1. The van der Waals surface area contributed by atoms with Crippen molar-refractivity contribution in [1.82, 2.24) is 9.88 Å². The summed E-state index contributed by atoms with van der Waals surface area (Å²) in [6, 6.07) is 14.3. The number of hydrogen-bond donors (Lipinski definition) is 0. The van der Waals surface area contributed by atoms with Crippen LogP contribution >= 0.6 is 11.3 Å². The maximum absolute atomic E-state index is 13.2. The third-order valence-corrected chi connectivity index (χ3v) is 6.81. The number of rotatable bonds is 7. The maximum Gasteiger partial charge on any atom is 0.229 e. The number of likely N-dealkylation sites (tertiary alicyclic amines) is 1. The van der Waals surface area contributed by atoms with Gasteiger partial charge in [0.05, 0.1) is 32.4 Å². The average molecular weight is 437 g/mol. The molecule has 1 fully saturated rings. The SMILES string of the molecule is CCc1ccc(-c2nc(CC(=O)N3CCCC3c3ccc(OC)cc3OC)cs2)cc1. The zero-order valence-electron chi connectivity index (χ0n) is 18.3. The van der Waals surface area contributed by atoms with Crippen molar-refractivity contribution in [3.05, 3.63) is 64.7 Å². The van der Waals surface area contributed by atoms with Gasteiger partial charge in [0.25, 0.3) is 0 Å². The van der Waals surface area contributed by atoms with Crippen LogP contribution < -0.4 is 9.47 Å². The Bertz CT molecular complexity index is 1050. The molecule has 1 aliphatic heterocycles. The van der Waals surface area contributed by atoms with E-state index in [4.69, 9.17) is 14.5 Å². The summed E-state index contributed by atoms with van der Waals surface area (Å²) < 4.78 is 10.9. The first-order valence-corrected chi connectivity index (χ1v) is 11.6. The van der Waals surface area contributed by atoms with E-state index < -0.39 is 0 Å². The Labute approximate surface area is 187 Å². The van der Waals surface area contributed by atoms with E-state index in [9.17, 15) is 4.79 Å². The first kappa shape index (κ1) is 21.4. The van der Waals surface area contributed by atoms with Crippen LogP contribution in [0.5, 0.6) is 11.5 Å². The molecular weight excluding hydrogens is 408 g/mol. The van der Waals surface area contributed by atoms with E-state index in [1.165, 1.54) is 5.56 Å². The Morgan fingerprint density at radius 3 is 2.68 bits per heavy atom. The van der Waals surface area contributed by atoms with E-state index in [2.05, 4.69) is 31.2 Å². The van der Waals surface area contributed by atoms with Crippen LogP contribution in [0.1, 0.15) is 42.6 Å². The Kier molecular flexibility index (Phi) is 6.56. The molecule has 1 aromatic heterocycles. The van der Waals surface area contributed by atoms with Gasteiger partial charge in [-0.2, -0.15) is 0 Å². The Morgan fingerprint density at radius 1 is 1.16 bits per heavy atom. The number of methoxy groups -OCH3 is 2. The van der Waals surface area contributed by atoms with Crippen LogP contribution in [0.25, 0.3) is 10.6 Å². The highest BCUT2D eigenvalue weighted by Crippen LogP contribution is 2.39. The van der Waals surface area contributed by atoms with Gasteiger partial charge in [-0.1, -0.05) is 31.2 Å². The molecule has 0 aliphatic carbocycles. The number of benzene rings is 2. The number of thiazole rings is 1. The van der Waals surface area contributed by atoms with Crippen molar-refractivity contribution in [2.45, 2.75) is 38.6 Å². The molecule has 0 radical (unpaired) electrons. The second-order valence-electron chi connectivity index (χ2n) is 7.72. The van der Waals surface area contributed by atoms with Crippen LogP contribution in [0.15, 0.2) is 47.8 Å². The van der Waals surface area contributed by atoms with Crippen LogP contribution in [-0.4, -0.2) is 36.6 Å². The van der Waals surface area contributed by atoms with E-state index in [0.29, 0.717) is 6.42 Å². The van der Waals surface area contributed by atoms with Crippen LogP contribution in [0, 0.1) is 0 Å². The minimum absolute atomic E-state index is 0.0213. The minimum Gasteiger partial charge on any atom is -0.497 e. The number of aryl methyl sites for hydroxylation is 1. The van der Waals surface area contributed by atoms with Gasteiger partial charge in [0.15, 0.2) is 0 Å². The van der Waals surface area contributed by atoms with Gasteiger partial charge >= 0.3 is 0 Å². The van der Waals surface area contributed by atoms with Crippen LogP contribution in [-0.2, 0) is 17.6 Å². The normalized spacial score (nSPS) is 15.8. The fourth-order valence-corrected chi connectivity index (χ4v) is 4.97. The summed E-state index contributed by atoms with van der Waals surface area (Å²) in [5, 5.41) is 2.96. The lowest BCUT2D eigenvalue weighted by atomic mass is 10.0. The third-order valence-electron chi connectivity index (χ3n) is 5.87. The van der Waals surface area contributed by atoms with Crippen molar-refractivity contribution in [3.63, 3.8) is 0 Å². The van der Waals surface area contributed by atoms with E-state index in [1.54, 1.807) is 25.6 Å². The fourth-order valence-electron chi connectivity index (χ4n) is 4.14. The average Bonchev–Trinajstić information content (AvgIpc) is 3.48. The number of aromatic nitrogens is 1. The molecule has 0 spiro atoms. The molecule has 0 bridgehead atoms. The zero-order chi connectivity index (χ0) is 21.8. The van der Waals surface area contributed by atoms with Crippen molar-refractivity contribution in [2.24, 2.45) is 0 Å². The number of ether oxygens (including phenoxy) is 2. The maximum atomic E-state index is 13.2. The summed E-state index contributed by atoms with van der Waals surface area (Å²) in [6.45, 7) is 2.91. The zero-order valence-corrected chi connectivity index (χ0v) is 19.1. The number of nitrogens with zero attached hydrogens (tertiary/aromatic N) is 2. The largest absolute Gasteiger partial charge is 0.497 e. The second kappa shape index (κ2) is 9.52. The van der Waals surface area contributed by atoms with Crippen LogP contribution in [0.3, 0.4) is 0 Å². The first-order chi connectivity index (χ1) is 15.1. The molecule has 1 amide bonds. The number of carbonyl (C=O) groups excluding carboxylic acids is 1. The number of hydrogen-bond acceptors (Lipinski definition) is 5. The highest BCUT2D eigenvalue weighted by atomic mass is 32.1. The highest BCUT2D eigenvalue weighted by molar-refractivity contribution is 7.13. The summed E-state index contributed by atoms with van der Waals surface area (Å²) in [7, 11) is 3.29. The van der Waals surface area contributed by atoms with Gasteiger partial charge in [0.2, 0.25) is 5.91 Å². The Balaban J connectivity index is 1.49. The molecule has 2 aromatic carbocycles. The van der Waals surface area contributed by atoms with Crippen molar-refractivity contribution in [1.29, 1.82) is 0 Å². The van der Waals surface area contributed by atoms with E-state index in [-0.39, 0.29) is 11.9 Å². The standard InChI is InChI=1S/C25H28N2O3S/c1-4-17-7-9-18(10-8-17)25-26-19(16-31-25)14-24(28)27-13-5-6-22(27)21-12-11-20(29-2)15-23(21)30-3/h7-12,15-16,22H,4-6,13-14H2,1-3H3. The van der Waals surface area contributed by atoms with Gasteiger partial charge in [0, 0.05) is 29.1 Å². The monoisotopic (exact) mass is 436 g/mol. The smallest absolute Gasteiger partial charge is 0.229 e. The van der Waals surface area contributed by atoms with Gasteiger partial charge in [0.1, 0.15) is 16.5 Å². The molecule has 2 heterocycles. The minimum atomic E-state index is 0.0213. The Morgan fingerprint density at radius 2 is 1.97 bits per heavy atom. The molecule has 1 aliphatic rings. The molecule has 3 aromatic rings. The van der Waals surface area contributed by atoms with Gasteiger partial charge in [-0.05, 0) is 37.0 Å². The topological polar surface area (TPSA) is 51.7 Å². The molecule has 1 unspecified atom stereocenters. The molecule has 4 rings (SSSR count). The van der Waals surface area contributed by atoms with Gasteiger partial charge in [-0.3, -0.25) is 4.79 Å². The predicted molar refractivity (Wildman–Crippen MR) is 124 cm³/mol. The molecule has 0 saturated carbocycles. The summed E-state index contributed by atoms with van der Waals surface area (Å²) >= 11 is 1.59. The van der Waals surface area contributed by atoms with E-state index in [0.717, 1.165) is 59.1 Å². The summed E-state index contributed by atoms with van der Waals surface area (Å²) in [5.74, 6) is 1.62. The van der Waals surface area contributed by atoms with Crippen molar-refractivity contribution in [2.75, 3.05) is 20.8 Å². The lowest BCUT2D eigenvalue weighted by Gasteiger charge is -2.26. The molecular formula is C25H28N2O3S. The summed E-state index contributed by atoms with van der Waals surface area (Å²) in [6.07, 6.45) is 3.25. The molecule has 1 saturated heterocycles. The first-order valence-electron chi connectivity index (χ1n) is 10.7. The molecule has 0 N–H and O–H groups in total. The molecule has 31 heavy (non-hydrogen) atoms. The van der Waals surface area contributed by atoms with Crippen molar-refractivity contribution < 1.29 is 14.3 Å². The Hall–Kier alpha value is -2.86. The predicted octanol–water partition coefficient (Wildman–Crippen LogP) is 5.30. The quantitative estimate of drug-likeness (QED) is 0.505. The van der Waals surface area contributed by atoms with Crippen molar-refractivity contribution in [3.8, 4) is 22.1 Å². The van der Waals surface area contributed by atoms with Crippen LogP contribution in [0.4, 0.5) is 0 Å². The highest BCUT2D eigenvalue weighted by Gasteiger charge is 2.32. The molecule has 1 atom stereocenters. The van der Waals surface area contributed by atoms with Crippen LogP contribution in [0.2, 0.25) is 0 Å². The summed E-state index contributed by atoms with van der Waals surface area (Å²) in [4.78, 5) is 19.9. The molecule has 6 heteroatoms. The fraction of sp³-hybridized carbons (Fsp3) is 0.360. The number of amides is 1. The van der Waals surface area contributed by atoms with Gasteiger partial charge in [-0.15, -0.1) is 11.3 Å². The molecule has 162 valence electrons. The lowest BCUT2D eigenvalue weighted by Crippen LogP contribution is -2.32. The van der Waals surface area contributed by atoms with Gasteiger partial charge < -0.3 is 14.4 Å². The van der Waals surface area contributed by atoms with Crippen molar-refractivity contribution >= 4 is 17.2 Å².